The van der Waals surface area contributed by atoms with Crippen molar-refractivity contribution in [3.8, 4) is 0 Å². The number of hydrogen-bond donors (Lipinski definition) is 0. The molecule has 8 heteroatoms. The predicted molar refractivity (Wildman–Crippen MR) is 243 cm³/mol. The van der Waals surface area contributed by atoms with Crippen LogP contribution in [0, 0.1) is 0 Å². The van der Waals surface area contributed by atoms with Gasteiger partial charge in [0.1, 0.15) is 26.3 Å². The van der Waals surface area contributed by atoms with Crippen LogP contribution in [0.5, 0.6) is 0 Å². The maximum Gasteiger partial charge on any atom is 0.305 e. The molecule has 0 saturated heterocycles. The summed E-state index contributed by atoms with van der Waals surface area (Å²) in [7, 11) is 9.05. The standard InChI is InChI=1S/C50H102N2O4.2BrH/c1-7-9-11-13-15-17-19-21-23-25-27-31-35-39-43-51(3,4)45-47-55-49(53)41-37-33-29-30-34-38-42-50(54)56-48-46-52(5,6)44-40-36-32-28-26-24-22-20-18-16-14-12-10-8-2;;/h7-48H2,1-6H3;2*1H/q+2;;/p-2. The summed E-state index contributed by atoms with van der Waals surface area (Å²) in [4.78, 5) is 24.5. The summed E-state index contributed by atoms with van der Waals surface area (Å²) in [5.74, 6) is -0.101. The van der Waals surface area contributed by atoms with Gasteiger partial charge in [0.2, 0.25) is 0 Å². The van der Waals surface area contributed by atoms with E-state index in [1.165, 1.54) is 180 Å². The van der Waals surface area contributed by atoms with E-state index in [4.69, 9.17) is 9.47 Å². The first-order valence-electron chi connectivity index (χ1n) is 25.1. The number of hydrogen-bond acceptors (Lipinski definition) is 4. The van der Waals surface area contributed by atoms with Crippen LogP contribution < -0.4 is 34.0 Å². The van der Waals surface area contributed by atoms with Gasteiger partial charge in [0.15, 0.2) is 0 Å². The Morgan fingerprint density at radius 2 is 0.517 bits per heavy atom. The second-order valence-corrected chi connectivity index (χ2v) is 19.0. The smallest absolute Gasteiger partial charge is 0.305 e. The van der Waals surface area contributed by atoms with Gasteiger partial charge in [-0.15, -0.1) is 0 Å². The molecule has 0 aromatic heterocycles. The summed E-state index contributed by atoms with van der Waals surface area (Å²) in [5, 5.41) is 0. The fraction of sp³-hybridized carbons (Fsp3) is 0.960. The molecule has 0 aliphatic heterocycles. The number of ether oxygens (including phenoxy) is 2. The van der Waals surface area contributed by atoms with E-state index < -0.39 is 0 Å². The van der Waals surface area contributed by atoms with Gasteiger partial charge >= 0.3 is 11.9 Å². The Morgan fingerprint density at radius 3 is 0.759 bits per heavy atom. The van der Waals surface area contributed by atoms with Crippen LogP contribution in [0.3, 0.4) is 0 Å². The van der Waals surface area contributed by atoms with Gasteiger partial charge in [-0.1, -0.05) is 194 Å². The summed E-state index contributed by atoms with van der Waals surface area (Å²) in [6, 6.07) is 0. The minimum atomic E-state index is -0.0503. The Balaban J connectivity index is -0.0000151. The maximum atomic E-state index is 12.3. The van der Waals surface area contributed by atoms with E-state index in [1.807, 2.05) is 0 Å². The lowest BCUT2D eigenvalue weighted by Crippen LogP contribution is -3.00. The molecule has 350 valence electrons. The van der Waals surface area contributed by atoms with Gasteiger partial charge < -0.3 is 52.4 Å². The van der Waals surface area contributed by atoms with Crippen LogP contribution in [0.15, 0.2) is 0 Å². The molecule has 58 heavy (non-hydrogen) atoms. The lowest BCUT2D eigenvalue weighted by Gasteiger charge is -2.29. The van der Waals surface area contributed by atoms with E-state index in [2.05, 4.69) is 42.0 Å². The Hall–Kier alpha value is -0.180. The molecule has 0 fully saturated rings. The van der Waals surface area contributed by atoms with Gasteiger partial charge in [0.25, 0.3) is 0 Å². The quantitative estimate of drug-likeness (QED) is 0.0351. The van der Waals surface area contributed by atoms with Crippen molar-refractivity contribution in [1.29, 1.82) is 0 Å². The number of carbonyl (C=O) groups excluding carboxylic acids is 2. The number of carbonyl (C=O) groups is 2. The molecule has 0 amide bonds. The molecule has 0 bridgehead atoms. The van der Waals surface area contributed by atoms with Crippen molar-refractivity contribution in [3.63, 3.8) is 0 Å². The molecule has 0 aliphatic rings. The highest BCUT2D eigenvalue weighted by Gasteiger charge is 2.17. The molecule has 0 aliphatic carbocycles. The number of rotatable bonds is 45. The average molecular weight is 955 g/mol. The Kier molecular flexibility index (Phi) is 49.6. The van der Waals surface area contributed by atoms with Crippen LogP contribution in [-0.2, 0) is 19.1 Å². The van der Waals surface area contributed by atoms with E-state index in [-0.39, 0.29) is 45.9 Å². The largest absolute Gasteiger partial charge is 1.00 e. The highest BCUT2D eigenvalue weighted by atomic mass is 79.9. The van der Waals surface area contributed by atoms with E-state index in [1.54, 1.807) is 0 Å². The number of halogens is 2. The molecule has 0 aromatic rings. The first kappa shape index (κ1) is 62.1. The summed E-state index contributed by atoms with van der Waals surface area (Å²) in [6.07, 6.45) is 46.1. The molecule has 0 atom stereocenters. The van der Waals surface area contributed by atoms with Crippen molar-refractivity contribution < 1.29 is 62.0 Å². The van der Waals surface area contributed by atoms with Crippen LogP contribution in [0.2, 0.25) is 0 Å². The van der Waals surface area contributed by atoms with Crippen molar-refractivity contribution in [2.45, 2.75) is 245 Å². The van der Waals surface area contributed by atoms with Crippen molar-refractivity contribution in [2.75, 3.05) is 67.6 Å². The van der Waals surface area contributed by atoms with Crippen molar-refractivity contribution in [3.05, 3.63) is 0 Å². The van der Waals surface area contributed by atoms with E-state index in [9.17, 15) is 9.59 Å². The van der Waals surface area contributed by atoms with Crippen LogP contribution in [0.25, 0.3) is 0 Å². The van der Waals surface area contributed by atoms with Gasteiger partial charge in [0, 0.05) is 12.8 Å². The fourth-order valence-corrected chi connectivity index (χ4v) is 7.90. The van der Waals surface area contributed by atoms with Crippen molar-refractivity contribution in [1.82, 2.24) is 0 Å². The van der Waals surface area contributed by atoms with Gasteiger partial charge in [-0.25, -0.2) is 0 Å². The molecular formula is C50H102Br2N2O4. The average Bonchev–Trinajstić information content (AvgIpc) is 3.16. The first-order chi connectivity index (χ1) is 27.1. The van der Waals surface area contributed by atoms with Gasteiger partial charge in [-0.2, -0.15) is 0 Å². The van der Waals surface area contributed by atoms with Gasteiger partial charge in [-0.05, 0) is 38.5 Å². The number of unbranched alkanes of at least 4 members (excludes halogenated alkanes) is 31. The molecule has 0 rings (SSSR count). The minimum absolute atomic E-state index is 0. The Bertz CT molecular complexity index is 789. The molecule has 0 unspecified atom stereocenters. The summed E-state index contributed by atoms with van der Waals surface area (Å²) in [5.41, 5.74) is 0. The van der Waals surface area contributed by atoms with E-state index >= 15 is 0 Å². The lowest BCUT2D eigenvalue weighted by atomic mass is 10.0. The summed E-state index contributed by atoms with van der Waals surface area (Å²) < 4.78 is 13.0. The second-order valence-electron chi connectivity index (χ2n) is 19.0. The minimum Gasteiger partial charge on any atom is -1.00 e. The highest BCUT2D eigenvalue weighted by molar-refractivity contribution is 5.69. The topological polar surface area (TPSA) is 52.6 Å². The lowest BCUT2D eigenvalue weighted by molar-refractivity contribution is -0.890. The molecule has 0 saturated carbocycles. The molecule has 6 nitrogen and oxygen atoms in total. The van der Waals surface area contributed by atoms with Crippen LogP contribution in [0.4, 0.5) is 0 Å². The van der Waals surface area contributed by atoms with Gasteiger partial charge in [0.05, 0.1) is 41.3 Å². The van der Waals surface area contributed by atoms with Gasteiger partial charge in [-0.3, -0.25) is 9.59 Å². The second kappa shape index (κ2) is 46.3. The van der Waals surface area contributed by atoms with Crippen LogP contribution in [-0.4, -0.2) is 88.5 Å². The fourth-order valence-electron chi connectivity index (χ4n) is 7.90. The Labute approximate surface area is 384 Å². The molecule has 0 N–H and O–H groups in total. The van der Waals surface area contributed by atoms with Crippen molar-refractivity contribution in [2.24, 2.45) is 0 Å². The predicted octanol–water partition coefficient (Wildman–Crippen LogP) is 8.32. The molecule has 0 aromatic carbocycles. The monoisotopic (exact) mass is 953 g/mol. The third kappa shape index (κ3) is 48.5. The zero-order chi connectivity index (χ0) is 41.3. The highest BCUT2D eigenvalue weighted by Crippen LogP contribution is 2.16. The first-order valence-corrected chi connectivity index (χ1v) is 25.1. The van der Waals surface area contributed by atoms with Crippen LogP contribution in [0.1, 0.15) is 245 Å². The normalized spacial score (nSPS) is 11.6. The third-order valence-electron chi connectivity index (χ3n) is 12.2. The maximum absolute atomic E-state index is 12.3. The van der Waals surface area contributed by atoms with E-state index in [0.717, 1.165) is 73.7 Å². The Morgan fingerprint density at radius 1 is 0.310 bits per heavy atom. The molecule has 0 spiro atoms. The third-order valence-corrected chi connectivity index (χ3v) is 12.2. The number of esters is 2. The number of nitrogens with zero attached hydrogens (tertiary/aromatic N) is 2. The van der Waals surface area contributed by atoms with E-state index in [0.29, 0.717) is 26.1 Å². The summed E-state index contributed by atoms with van der Waals surface area (Å²) >= 11 is 0. The summed E-state index contributed by atoms with van der Waals surface area (Å²) in [6.45, 7) is 9.73. The molecular weight excluding hydrogens is 852 g/mol. The zero-order valence-electron chi connectivity index (χ0n) is 40.0. The number of likely N-dealkylation sites (N-methyl/N-ethyl adjacent to an activating group) is 2. The molecule has 0 heterocycles. The number of quaternary nitrogens is 2. The SMILES string of the molecule is CCCCCCCCCCCCCCCC[N+](C)(C)CCOC(=O)CCCCCCCCC(=O)OCC[N+](C)(C)CCCCCCCCCCCCCCCC.[Br-].[Br-]. The zero-order valence-corrected chi connectivity index (χ0v) is 43.2. The van der Waals surface area contributed by atoms with Crippen LogP contribution >= 0.6 is 0 Å². The van der Waals surface area contributed by atoms with Crippen molar-refractivity contribution >= 4 is 11.9 Å². The molecule has 0 radical (unpaired) electrons.